The highest BCUT2D eigenvalue weighted by atomic mass is 79.9. The Labute approximate surface area is 185 Å². The van der Waals surface area contributed by atoms with Crippen LogP contribution in [0.1, 0.15) is 40.6 Å². The van der Waals surface area contributed by atoms with E-state index in [2.05, 4.69) is 107 Å². The van der Waals surface area contributed by atoms with Crippen LogP contribution in [0.2, 0.25) is 0 Å². The van der Waals surface area contributed by atoms with Crippen molar-refractivity contribution in [3.8, 4) is 0 Å². The Morgan fingerprint density at radius 2 is 1.83 bits per heavy atom. The van der Waals surface area contributed by atoms with E-state index in [4.69, 9.17) is 0 Å². The van der Waals surface area contributed by atoms with E-state index in [0.717, 1.165) is 16.6 Å². The van der Waals surface area contributed by atoms with Crippen LogP contribution >= 0.6 is 27.7 Å². The maximum absolute atomic E-state index is 3.91. The summed E-state index contributed by atoms with van der Waals surface area (Å²) in [6.45, 7) is 2.25. The van der Waals surface area contributed by atoms with Gasteiger partial charge >= 0.3 is 0 Å². The number of benzene rings is 3. The van der Waals surface area contributed by atoms with E-state index in [0.29, 0.717) is 17.9 Å². The zero-order valence-corrected chi connectivity index (χ0v) is 18.8. The van der Waals surface area contributed by atoms with Crippen LogP contribution < -0.4 is 5.32 Å². The van der Waals surface area contributed by atoms with Gasteiger partial charge < -0.3 is 5.32 Å². The fourth-order valence-corrected chi connectivity index (χ4v) is 5.84. The van der Waals surface area contributed by atoms with E-state index in [1.165, 1.54) is 32.8 Å². The Balaban J connectivity index is 1.46. The molecule has 3 heteroatoms. The minimum Gasteiger partial charge on any atom is -0.377 e. The predicted molar refractivity (Wildman–Crippen MR) is 128 cm³/mol. The Hall–Kier alpha value is -1.97. The molecule has 0 radical (unpaired) electrons. The highest BCUT2D eigenvalue weighted by molar-refractivity contribution is 9.10. The maximum Gasteiger partial charge on any atom is 0.0554 e. The third kappa shape index (κ3) is 3.78. The van der Waals surface area contributed by atoms with Crippen molar-refractivity contribution in [2.24, 2.45) is 5.92 Å². The molecule has 1 aliphatic heterocycles. The first-order valence-corrected chi connectivity index (χ1v) is 12.0. The van der Waals surface area contributed by atoms with Gasteiger partial charge in [0, 0.05) is 26.7 Å². The number of hydrogen-bond donors (Lipinski definition) is 1. The molecule has 146 valence electrons. The Morgan fingerprint density at radius 3 is 2.62 bits per heavy atom. The van der Waals surface area contributed by atoms with Gasteiger partial charge in [0.05, 0.1) is 6.04 Å². The lowest BCUT2D eigenvalue weighted by Crippen LogP contribution is -2.29. The van der Waals surface area contributed by atoms with E-state index in [9.17, 15) is 0 Å². The third-order valence-corrected chi connectivity index (χ3v) is 7.72. The highest BCUT2D eigenvalue weighted by Gasteiger charge is 2.38. The van der Waals surface area contributed by atoms with Crippen LogP contribution in [0.15, 0.2) is 88.3 Å². The molecule has 1 aliphatic carbocycles. The Morgan fingerprint density at radius 1 is 1.03 bits per heavy atom. The summed E-state index contributed by atoms with van der Waals surface area (Å²) in [5.41, 5.74) is 6.95. The van der Waals surface area contributed by atoms with E-state index in [-0.39, 0.29) is 0 Å². The lowest BCUT2D eigenvalue weighted by Gasteiger charge is -2.38. The molecule has 5 rings (SSSR count). The lowest BCUT2D eigenvalue weighted by molar-refractivity contribution is 0.425. The zero-order valence-electron chi connectivity index (χ0n) is 16.4. The number of nitrogens with one attached hydrogen (secondary N) is 1. The van der Waals surface area contributed by atoms with E-state index in [1.807, 2.05) is 11.8 Å². The summed E-state index contributed by atoms with van der Waals surface area (Å²) >= 11 is 5.48. The molecule has 0 aromatic heterocycles. The van der Waals surface area contributed by atoms with Gasteiger partial charge in [-0.15, -0.1) is 11.8 Å². The second-order valence-corrected chi connectivity index (χ2v) is 9.97. The maximum atomic E-state index is 3.91. The SMILES string of the molecule is Cc1cc(CSc2ccccc2)cc2c1N[C@H](c1ccc(Br)cc1)[C@@H]1CC=C[C@@H]21. The van der Waals surface area contributed by atoms with Crippen LogP contribution in [0.3, 0.4) is 0 Å². The summed E-state index contributed by atoms with van der Waals surface area (Å²) in [5.74, 6) is 2.09. The van der Waals surface area contributed by atoms with Crippen molar-refractivity contribution in [2.45, 2.75) is 36.0 Å². The number of fused-ring (bicyclic) bond motifs is 3. The van der Waals surface area contributed by atoms with Crippen molar-refractivity contribution >= 4 is 33.4 Å². The van der Waals surface area contributed by atoms with Gasteiger partial charge in [-0.2, -0.15) is 0 Å². The predicted octanol–water partition coefficient (Wildman–Crippen LogP) is 7.88. The van der Waals surface area contributed by atoms with Gasteiger partial charge in [0.25, 0.3) is 0 Å². The number of allylic oxidation sites excluding steroid dienone is 2. The molecule has 1 N–H and O–H groups in total. The van der Waals surface area contributed by atoms with Crippen molar-refractivity contribution in [3.63, 3.8) is 0 Å². The van der Waals surface area contributed by atoms with Gasteiger partial charge in [0.2, 0.25) is 0 Å². The van der Waals surface area contributed by atoms with Gasteiger partial charge in [-0.05, 0) is 65.8 Å². The molecule has 0 unspecified atom stereocenters. The Bertz CT molecular complexity index is 1040. The molecule has 0 saturated heterocycles. The molecule has 29 heavy (non-hydrogen) atoms. The molecule has 0 amide bonds. The molecule has 1 nitrogen and oxygen atoms in total. The van der Waals surface area contributed by atoms with Crippen LogP contribution in [-0.4, -0.2) is 0 Å². The van der Waals surface area contributed by atoms with Gasteiger partial charge in [-0.25, -0.2) is 0 Å². The fourth-order valence-electron chi connectivity index (χ4n) is 4.73. The fraction of sp³-hybridized carbons (Fsp3) is 0.231. The first-order chi connectivity index (χ1) is 14.2. The van der Waals surface area contributed by atoms with Crippen molar-refractivity contribution in [3.05, 3.63) is 106 Å². The van der Waals surface area contributed by atoms with E-state index in [1.54, 1.807) is 0 Å². The summed E-state index contributed by atoms with van der Waals surface area (Å²) < 4.78 is 1.13. The van der Waals surface area contributed by atoms with Crippen molar-refractivity contribution in [1.29, 1.82) is 0 Å². The Kier molecular flexibility index (Phi) is 5.28. The standard InChI is InChI=1S/C26H24BrNS/c1-17-14-18(16-29-21-6-3-2-4-7-21)15-24-22-8-5-9-23(22)26(28-25(17)24)19-10-12-20(27)13-11-19/h2-8,10-15,22-23,26,28H,9,16H2,1H3/t22-,23-,26-/m1/s1. The van der Waals surface area contributed by atoms with Crippen LogP contribution in [-0.2, 0) is 5.75 Å². The number of anilines is 1. The van der Waals surface area contributed by atoms with Crippen LogP contribution in [0.4, 0.5) is 5.69 Å². The largest absolute Gasteiger partial charge is 0.377 e. The number of halogens is 1. The summed E-state index contributed by atoms with van der Waals surface area (Å²) in [7, 11) is 0. The molecule has 0 spiro atoms. The molecule has 3 atom stereocenters. The second kappa shape index (κ2) is 8.04. The average Bonchev–Trinajstić information content (AvgIpc) is 3.24. The molecule has 0 bridgehead atoms. The quantitative estimate of drug-likeness (QED) is 0.313. The number of hydrogen-bond acceptors (Lipinski definition) is 2. The minimum absolute atomic E-state index is 0.360. The molecule has 3 aromatic rings. The van der Waals surface area contributed by atoms with Crippen LogP contribution in [0, 0.1) is 12.8 Å². The molecule has 0 fully saturated rings. The first kappa shape index (κ1) is 19.0. The molecule has 2 aliphatic rings. The molecular formula is C26H24BrNS. The van der Waals surface area contributed by atoms with Gasteiger partial charge in [-0.3, -0.25) is 0 Å². The normalized spacial score (nSPS) is 22.1. The second-order valence-electron chi connectivity index (χ2n) is 8.01. The van der Waals surface area contributed by atoms with Gasteiger partial charge in [0.15, 0.2) is 0 Å². The van der Waals surface area contributed by atoms with Crippen LogP contribution in [0.5, 0.6) is 0 Å². The smallest absolute Gasteiger partial charge is 0.0554 e. The summed E-state index contributed by atoms with van der Waals surface area (Å²) in [6, 6.07) is 24.7. The van der Waals surface area contributed by atoms with Crippen molar-refractivity contribution in [2.75, 3.05) is 5.32 Å². The molecule has 3 aromatic carbocycles. The van der Waals surface area contributed by atoms with Gasteiger partial charge in [0.1, 0.15) is 0 Å². The zero-order chi connectivity index (χ0) is 19.8. The summed E-state index contributed by atoms with van der Waals surface area (Å²) in [6.07, 6.45) is 5.95. The van der Waals surface area contributed by atoms with E-state index < -0.39 is 0 Å². The minimum atomic E-state index is 0.360. The summed E-state index contributed by atoms with van der Waals surface area (Å²) in [4.78, 5) is 1.33. The van der Waals surface area contributed by atoms with Crippen molar-refractivity contribution in [1.82, 2.24) is 0 Å². The number of aryl methyl sites for hydroxylation is 1. The molecule has 1 heterocycles. The molecule has 0 saturated carbocycles. The monoisotopic (exact) mass is 461 g/mol. The number of rotatable bonds is 4. The third-order valence-electron chi connectivity index (χ3n) is 6.10. The first-order valence-electron chi connectivity index (χ1n) is 10.2. The highest BCUT2D eigenvalue weighted by Crippen LogP contribution is 2.51. The van der Waals surface area contributed by atoms with E-state index >= 15 is 0 Å². The van der Waals surface area contributed by atoms with Gasteiger partial charge in [-0.1, -0.05) is 70.5 Å². The summed E-state index contributed by atoms with van der Waals surface area (Å²) in [5, 5.41) is 3.91. The lowest BCUT2D eigenvalue weighted by atomic mass is 9.76. The number of thioether (sulfide) groups is 1. The van der Waals surface area contributed by atoms with Crippen LogP contribution in [0.25, 0.3) is 0 Å². The average molecular weight is 462 g/mol. The topological polar surface area (TPSA) is 12.0 Å². The molecular weight excluding hydrogens is 438 g/mol. The van der Waals surface area contributed by atoms with Crippen molar-refractivity contribution < 1.29 is 0 Å².